The zero-order chi connectivity index (χ0) is 12.3. The van der Waals surface area contributed by atoms with Crippen molar-refractivity contribution in [3.8, 4) is 0 Å². The molecule has 92 valence electrons. The Kier molecular flexibility index (Phi) is 3.43. The molecule has 1 fully saturated rings. The molecular formula is C13H19N3O. The Hall–Kier alpha value is -1.42. The third-order valence-corrected chi connectivity index (χ3v) is 3.45. The number of hydrogen-bond donors (Lipinski definition) is 2. The molecular weight excluding hydrogens is 214 g/mol. The molecule has 17 heavy (non-hydrogen) atoms. The molecule has 4 heteroatoms. The minimum absolute atomic E-state index is 0.00850. The van der Waals surface area contributed by atoms with Gasteiger partial charge in [-0.15, -0.1) is 0 Å². The maximum Gasteiger partial charge on any atom is 0.222 e. The van der Waals surface area contributed by atoms with Gasteiger partial charge in [0.25, 0.3) is 0 Å². The molecule has 1 amide bonds. The van der Waals surface area contributed by atoms with Crippen molar-refractivity contribution >= 4 is 5.91 Å². The van der Waals surface area contributed by atoms with Crippen LogP contribution in [0.15, 0.2) is 24.5 Å². The Labute approximate surface area is 102 Å². The van der Waals surface area contributed by atoms with Gasteiger partial charge >= 0.3 is 0 Å². The van der Waals surface area contributed by atoms with E-state index in [0.29, 0.717) is 6.42 Å². The molecule has 0 saturated heterocycles. The van der Waals surface area contributed by atoms with Gasteiger partial charge in [0.2, 0.25) is 5.91 Å². The van der Waals surface area contributed by atoms with Crippen LogP contribution in [0, 0.1) is 0 Å². The number of carbonyl (C=O) groups excluding carboxylic acids is 1. The lowest BCUT2D eigenvalue weighted by Gasteiger charge is -2.37. The molecule has 1 aromatic rings. The fourth-order valence-electron chi connectivity index (χ4n) is 2.16. The Bertz CT molecular complexity index is 387. The number of nitrogens with zero attached hydrogens (tertiary/aromatic N) is 1. The summed E-state index contributed by atoms with van der Waals surface area (Å²) in [6.45, 7) is 1.97. The van der Waals surface area contributed by atoms with Gasteiger partial charge in [-0.05, 0) is 43.9 Å². The Balaban J connectivity index is 1.86. The topological polar surface area (TPSA) is 68.0 Å². The highest BCUT2D eigenvalue weighted by molar-refractivity contribution is 5.77. The molecule has 1 aromatic heterocycles. The Morgan fingerprint density at radius 2 is 2.18 bits per heavy atom. The highest BCUT2D eigenvalue weighted by Crippen LogP contribution is 2.32. The first-order valence-electron chi connectivity index (χ1n) is 6.07. The van der Waals surface area contributed by atoms with Crippen LogP contribution in [0.4, 0.5) is 0 Å². The molecule has 1 aliphatic carbocycles. The van der Waals surface area contributed by atoms with E-state index in [9.17, 15) is 4.79 Å². The first-order valence-corrected chi connectivity index (χ1v) is 6.07. The lowest BCUT2D eigenvalue weighted by Crippen LogP contribution is -2.50. The second-order valence-corrected chi connectivity index (χ2v) is 4.96. The standard InChI is InChI=1S/C13H19N3O/c1-10(11-3-7-15-8-4-11)16-12(17)9-13(14)5-2-6-13/h3-4,7-8,10H,2,5-6,9,14H2,1H3,(H,16,17). The summed E-state index contributed by atoms with van der Waals surface area (Å²) in [7, 11) is 0. The molecule has 1 saturated carbocycles. The molecule has 2 rings (SSSR count). The predicted molar refractivity (Wildman–Crippen MR) is 66.2 cm³/mol. The third kappa shape index (κ3) is 3.03. The van der Waals surface area contributed by atoms with Crippen LogP contribution in [-0.4, -0.2) is 16.4 Å². The normalized spacial score (nSPS) is 19.2. The summed E-state index contributed by atoms with van der Waals surface area (Å²) in [6.07, 6.45) is 6.96. The second kappa shape index (κ2) is 4.84. The van der Waals surface area contributed by atoms with Crippen molar-refractivity contribution in [3.05, 3.63) is 30.1 Å². The molecule has 1 heterocycles. The van der Waals surface area contributed by atoms with Gasteiger partial charge in [-0.1, -0.05) is 0 Å². The van der Waals surface area contributed by atoms with Gasteiger partial charge in [0.15, 0.2) is 0 Å². The lowest BCUT2D eigenvalue weighted by atomic mass is 9.75. The van der Waals surface area contributed by atoms with Gasteiger partial charge in [0, 0.05) is 24.4 Å². The fraction of sp³-hybridized carbons (Fsp3) is 0.538. The maximum atomic E-state index is 11.8. The number of rotatable bonds is 4. The van der Waals surface area contributed by atoms with E-state index in [0.717, 1.165) is 24.8 Å². The second-order valence-electron chi connectivity index (χ2n) is 4.96. The summed E-state index contributed by atoms with van der Waals surface area (Å²) >= 11 is 0. The van der Waals surface area contributed by atoms with Crippen LogP contribution >= 0.6 is 0 Å². The molecule has 0 spiro atoms. The number of carbonyl (C=O) groups is 1. The molecule has 1 unspecified atom stereocenters. The molecule has 1 aliphatic rings. The van der Waals surface area contributed by atoms with E-state index >= 15 is 0 Å². The fourth-order valence-corrected chi connectivity index (χ4v) is 2.16. The highest BCUT2D eigenvalue weighted by Gasteiger charge is 2.34. The summed E-state index contributed by atoms with van der Waals surface area (Å²) in [5.41, 5.74) is 6.86. The van der Waals surface area contributed by atoms with Crippen molar-refractivity contribution in [2.45, 2.75) is 44.2 Å². The maximum absolute atomic E-state index is 11.8. The van der Waals surface area contributed by atoms with Crippen LogP contribution in [0.25, 0.3) is 0 Å². The van der Waals surface area contributed by atoms with E-state index in [1.54, 1.807) is 12.4 Å². The highest BCUT2D eigenvalue weighted by atomic mass is 16.1. The van der Waals surface area contributed by atoms with Gasteiger partial charge in [-0.25, -0.2) is 0 Å². The average Bonchev–Trinajstić information content (AvgIpc) is 2.28. The minimum Gasteiger partial charge on any atom is -0.350 e. The third-order valence-electron chi connectivity index (χ3n) is 3.45. The van der Waals surface area contributed by atoms with Crippen LogP contribution in [-0.2, 0) is 4.79 Å². The van der Waals surface area contributed by atoms with Crippen molar-refractivity contribution in [1.29, 1.82) is 0 Å². The van der Waals surface area contributed by atoms with Crippen LogP contribution in [0.5, 0.6) is 0 Å². The lowest BCUT2D eigenvalue weighted by molar-refractivity contribution is -0.123. The molecule has 0 aliphatic heterocycles. The largest absolute Gasteiger partial charge is 0.350 e. The van der Waals surface area contributed by atoms with Crippen molar-refractivity contribution < 1.29 is 4.79 Å². The van der Waals surface area contributed by atoms with Crippen molar-refractivity contribution in [3.63, 3.8) is 0 Å². The molecule has 0 aromatic carbocycles. The summed E-state index contributed by atoms with van der Waals surface area (Å²) < 4.78 is 0. The SMILES string of the molecule is CC(NC(=O)CC1(N)CCC1)c1ccncc1. The van der Waals surface area contributed by atoms with Crippen molar-refractivity contribution in [1.82, 2.24) is 10.3 Å². The van der Waals surface area contributed by atoms with Gasteiger partial charge in [-0.3, -0.25) is 9.78 Å². The van der Waals surface area contributed by atoms with Crippen molar-refractivity contribution in [2.24, 2.45) is 5.73 Å². The zero-order valence-corrected chi connectivity index (χ0v) is 10.1. The van der Waals surface area contributed by atoms with E-state index in [2.05, 4.69) is 10.3 Å². The van der Waals surface area contributed by atoms with E-state index in [4.69, 9.17) is 5.73 Å². The summed E-state index contributed by atoms with van der Waals surface area (Å²) in [5, 5.41) is 2.97. The molecule has 1 atom stereocenters. The first kappa shape index (κ1) is 12.0. The quantitative estimate of drug-likeness (QED) is 0.828. The van der Waals surface area contributed by atoms with Crippen LogP contribution in [0.1, 0.15) is 44.2 Å². The summed E-state index contributed by atoms with van der Waals surface area (Å²) in [5.74, 6) is 0.0384. The predicted octanol–water partition coefficient (Wildman–Crippen LogP) is 1.53. The first-order chi connectivity index (χ1) is 8.09. The number of hydrogen-bond acceptors (Lipinski definition) is 3. The van der Waals surface area contributed by atoms with Crippen molar-refractivity contribution in [2.75, 3.05) is 0 Å². The Morgan fingerprint density at radius 3 is 2.71 bits per heavy atom. The summed E-state index contributed by atoms with van der Waals surface area (Å²) in [6, 6.07) is 3.83. The average molecular weight is 233 g/mol. The smallest absolute Gasteiger partial charge is 0.222 e. The number of pyridine rings is 1. The number of nitrogens with one attached hydrogen (secondary N) is 1. The molecule has 0 bridgehead atoms. The van der Waals surface area contributed by atoms with E-state index in [1.807, 2.05) is 19.1 Å². The number of aromatic nitrogens is 1. The number of amides is 1. The summed E-state index contributed by atoms with van der Waals surface area (Å²) in [4.78, 5) is 15.8. The van der Waals surface area contributed by atoms with E-state index < -0.39 is 0 Å². The van der Waals surface area contributed by atoms with Crippen LogP contribution in [0.3, 0.4) is 0 Å². The van der Waals surface area contributed by atoms with Gasteiger partial charge in [-0.2, -0.15) is 0 Å². The van der Waals surface area contributed by atoms with E-state index in [1.165, 1.54) is 0 Å². The molecule has 4 nitrogen and oxygen atoms in total. The molecule has 0 radical (unpaired) electrons. The Morgan fingerprint density at radius 1 is 1.53 bits per heavy atom. The van der Waals surface area contributed by atoms with Crippen LogP contribution < -0.4 is 11.1 Å². The molecule has 3 N–H and O–H groups in total. The van der Waals surface area contributed by atoms with E-state index in [-0.39, 0.29) is 17.5 Å². The van der Waals surface area contributed by atoms with Gasteiger partial charge in [0.1, 0.15) is 0 Å². The monoisotopic (exact) mass is 233 g/mol. The minimum atomic E-state index is -0.248. The van der Waals surface area contributed by atoms with Crippen LogP contribution in [0.2, 0.25) is 0 Å². The van der Waals surface area contributed by atoms with Gasteiger partial charge in [0.05, 0.1) is 6.04 Å². The zero-order valence-electron chi connectivity index (χ0n) is 10.1. The number of nitrogens with two attached hydrogens (primary N) is 1. The van der Waals surface area contributed by atoms with Gasteiger partial charge < -0.3 is 11.1 Å².